The maximum absolute atomic E-state index is 11.9. The molecule has 1 amide bonds. The lowest BCUT2D eigenvalue weighted by Crippen LogP contribution is -2.21. The van der Waals surface area contributed by atoms with Crippen molar-refractivity contribution in [3.8, 4) is 0 Å². The van der Waals surface area contributed by atoms with Gasteiger partial charge in [0.1, 0.15) is 5.69 Å². The van der Waals surface area contributed by atoms with Crippen LogP contribution in [0.3, 0.4) is 0 Å². The lowest BCUT2D eigenvalue weighted by atomic mass is 10.1. The molecule has 1 heterocycles. The predicted octanol–water partition coefficient (Wildman–Crippen LogP) is 2.15. The van der Waals surface area contributed by atoms with E-state index >= 15 is 0 Å². The van der Waals surface area contributed by atoms with E-state index in [2.05, 4.69) is 10.3 Å². The van der Waals surface area contributed by atoms with Gasteiger partial charge in [-0.3, -0.25) is 4.79 Å². The number of aryl methyl sites for hydroxylation is 1. The van der Waals surface area contributed by atoms with Crippen LogP contribution in [0.1, 0.15) is 41.9 Å². The summed E-state index contributed by atoms with van der Waals surface area (Å²) in [5, 5.41) is 11.7. The van der Waals surface area contributed by atoms with E-state index in [1.165, 1.54) is 0 Å². The Labute approximate surface area is 99.2 Å². The molecule has 1 aromatic heterocycles. The number of amides is 1. The summed E-state index contributed by atoms with van der Waals surface area (Å²) in [5.74, 6) is -1.09. The summed E-state index contributed by atoms with van der Waals surface area (Å²) >= 11 is 0. The van der Waals surface area contributed by atoms with Crippen molar-refractivity contribution in [3.63, 3.8) is 0 Å². The second-order valence-corrected chi connectivity index (χ2v) is 4.52. The van der Waals surface area contributed by atoms with Gasteiger partial charge in [0.25, 0.3) is 0 Å². The van der Waals surface area contributed by atoms with Crippen LogP contribution >= 0.6 is 0 Å². The summed E-state index contributed by atoms with van der Waals surface area (Å²) in [5.41, 5.74) is 1.14. The van der Waals surface area contributed by atoms with Gasteiger partial charge in [-0.05, 0) is 25.8 Å². The molecule has 0 aliphatic heterocycles. The zero-order chi connectivity index (χ0) is 12.4. The normalized spacial score (nSPS) is 16.1. The van der Waals surface area contributed by atoms with E-state index in [9.17, 15) is 9.59 Å². The van der Waals surface area contributed by atoms with Crippen LogP contribution in [0.25, 0.3) is 0 Å². The largest absolute Gasteiger partial charge is 0.477 e. The number of aromatic amines is 1. The van der Waals surface area contributed by atoms with Crippen LogP contribution in [0.5, 0.6) is 0 Å². The van der Waals surface area contributed by atoms with Crippen LogP contribution in [0.4, 0.5) is 5.69 Å². The number of carboxylic acids is 1. The molecule has 0 atom stereocenters. The van der Waals surface area contributed by atoms with Crippen molar-refractivity contribution in [1.82, 2.24) is 4.98 Å². The minimum Gasteiger partial charge on any atom is -0.477 e. The number of anilines is 1. The first-order chi connectivity index (χ1) is 8.08. The number of H-pyrrole nitrogens is 1. The monoisotopic (exact) mass is 236 g/mol. The molecule has 0 bridgehead atoms. The van der Waals surface area contributed by atoms with Gasteiger partial charge in [-0.1, -0.05) is 12.8 Å². The number of hydrogen-bond donors (Lipinski definition) is 3. The Hall–Kier alpha value is -1.78. The van der Waals surface area contributed by atoms with Gasteiger partial charge in [-0.15, -0.1) is 0 Å². The molecule has 0 aromatic carbocycles. The molecule has 1 saturated carbocycles. The van der Waals surface area contributed by atoms with Crippen molar-refractivity contribution < 1.29 is 14.7 Å². The number of carbonyl (C=O) groups is 2. The van der Waals surface area contributed by atoms with E-state index in [4.69, 9.17) is 5.11 Å². The minimum absolute atomic E-state index is 0.0341. The number of aromatic carboxylic acids is 1. The Morgan fingerprint density at radius 1 is 1.41 bits per heavy atom. The first kappa shape index (κ1) is 11.7. The quantitative estimate of drug-likeness (QED) is 0.752. The van der Waals surface area contributed by atoms with Crippen molar-refractivity contribution in [2.75, 3.05) is 5.32 Å². The molecule has 0 unspecified atom stereocenters. The second-order valence-electron chi connectivity index (χ2n) is 4.52. The molecule has 0 radical (unpaired) electrons. The molecule has 2 rings (SSSR count). The number of hydrogen-bond acceptors (Lipinski definition) is 2. The number of carbonyl (C=O) groups excluding carboxylic acids is 1. The summed E-state index contributed by atoms with van der Waals surface area (Å²) in [6, 6.07) is 1.65. The van der Waals surface area contributed by atoms with Crippen LogP contribution in [0, 0.1) is 12.8 Å². The summed E-state index contributed by atoms with van der Waals surface area (Å²) in [4.78, 5) is 25.6. The SMILES string of the molecule is Cc1cc(NC(=O)C2CCCC2)c(C(=O)O)[nH]1. The van der Waals surface area contributed by atoms with Gasteiger partial charge in [0.15, 0.2) is 0 Å². The Morgan fingerprint density at radius 2 is 2.06 bits per heavy atom. The fourth-order valence-corrected chi connectivity index (χ4v) is 2.28. The van der Waals surface area contributed by atoms with E-state index < -0.39 is 5.97 Å². The number of aromatic nitrogens is 1. The van der Waals surface area contributed by atoms with Crippen molar-refractivity contribution in [2.24, 2.45) is 5.92 Å². The zero-order valence-electron chi connectivity index (χ0n) is 9.75. The van der Waals surface area contributed by atoms with E-state index in [1.54, 1.807) is 13.0 Å². The van der Waals surface area contributed by atoms with E-state index in [0.29, 0.717) is 5.69 Å². The van der Waals surface area contributed by atoms with Gasteiger partial charge < -0.3 is 15.4 Å². The average Bonchev–Trinajstić information content (AvgIpc) is 2.86. The number of carboxylic acid groups (broad SMARTS) is 1. The van der Waals surface area contributed by atoms with Crippen LogP contribution in [0.2, 0.25) is 0 Å². The highest BCUT2D eigenvalue weighted by atomic mass is 16.4. The first-order valence-electron chi connectivity index (χ1n) is 5.81. The summed E-state index contributed by atoms with van der Waals surface area (Å²) in [6.07, 6.45) is 3.96. The van der Waals surface area contributed by atoms with Crippen LogP contribution < -0.4 is 5.32 Å². The second kappa shape index (κ2) is 4.61. The van der Waals surface area contributed by atoms with Crippen LogP contribution in [0.15, 0.2) is 6.07 Å². The van der Waals surface area contributed by atoms with E-state index in [0.717, 1.165) is 31.4 Å². The van der Waals surface area contributed by atoms with Gasteiger partial charge in [-0.25, -0.2) is 4.79 Å². The highest BCUT2D eigenvalue weighted by Crippen LogP contribution is 2.27. The van der Waals surface area contributed by atoms with Crippen molar-refractivity contribution >= 4 is 17.6 Å². The molecule has 92 valence electrons. The molecule has 1 fully saturated rings. The topological polar surface area (TPSA) is 82.2 Å². The molecule has 5 nitrogen and oxygen atoms in total. The lowest BCUT2D eigenvalue weighted by molar-refractivity contribution is -0.119. The molecular formula is C12H16N2O3. The Morgan fingerprint density at radius 3 is 2.65 bits per heavy atom. The molecular weight excluding hydrogens is 220 g/mol. The summed E-state index contributed by atoms with van der Waals surface area (Å²) < 4.78 is 0. The Kier molecular flexibility index (Phi) is 3.17. The smallest absolute Gasteiger partial charge is 0.354 e. The molecule has 0 spiro atoms. The third-order valence-electron chi connectivity index (χ3n) is 3.15. The van der Waals surface area contributed by atoms with Crippen molar-refractivity contribution in [3.05, 3.63) is 17.5 Å². The highest BCUT2D eigenvalue weighted by molar-refractivity contribution is 6.00. The predicted molar refractivity (Wildman–Crippen MR) is 63.1 cm³/mol. The Balaban J connectivity index is 2.12. The first-order valence-corrected chi connectivity index (χ1v) is 5.81. The number of rotatable bonds is 3. The molecule has 1 aliphatic carbocycles. The minimum atomic E-state index is -1.06. The molecule has 1 aromatic rings. The molecule has 1 aliphatic rings. The fraction of sp³-hybridized carbons (Fsp3) is 0.500. The van der Waals surface area contributed by atoms with E-state index in [-0.39, 0.29) is 17.5 Å². The number of nitrogens with one attached hydrogen (secondary N) is 2. The van der Waals surface area contributed by atoms with Crippen LogP contribution in [-0.2, 0) is 4.79 Å². The van der Waals surface area contributed by atoms with Crippen molar-refractivity contribution in [2.45, 2.75) is 32.6 Å². The highest BCUT2D eigenvalue weighted by Gasteiger charge is 2.24. The lowest BCUT2D eigenvalue weighted by Gasteiger charge is -2.09. The third-order valence-corrected chi connectivity index (χ3v) is 3.15. The zero-order valence-corrected chi connectivity index (χ0v) is 9.75. The van der Waals surface area contributed by atoms with Crippen LogP contribution in [-0.4, -0.2) is 22.0 Å². The summed E-state index contributed by atoms with van der Waals surface area (Å²) in [7, 11) is 0. The van der Waals surface area contributed by atoms with Gasteiger partial charge in [0.05, 0.1) is 5.69 Å². The maximum atomic E-state index is 11.9. The fourth-order valence-electron chi connectivity index (χ4n) is 2.28. The van der Waals surface area contributed by atoms with Crippen molar-refractivity contribution in [1.29, 1.82) is 0 Å². The molecule has 3 N–H and O–H groups in total. The third kappa shape index (κ3) is 2.49. The molecule has 0 saturated heterocycles. The average molecular weight is 236 g/mol. The summed E-state index contributed by atoms with van der Waals surface area (Å²) in [6.45, 7) is 1.76. The van der Waals surface area contributed by atoms with Gasteiger partial charge >= 0.3 is 5.97 Å². The van der Waals surface area contributed by atoms with Gasteiger partial charge in [-0.2, -0.15) is 0 Å². The molecule has 17 heavy (non-hydrogen) atoms. The maximum Gasteiger partial charge on any atom is 0.354 e. The Bertz CT molecular complexity index is 445. The van der Waals surface area contributed by atoms with Gasteiger partial charge in [0.2, 0.25) is 5.91 Å². The van der Waals surface area contributed by atoms with E-state index in [1.807, 2.05) is 0 Å². The van der Waals surface area contributed by atoms with Gasteiger partial charge in [0, 0.05) is 11.6 Å². The standard InChI is InChI=1S/C12H16N2O3/c1-7-6-9(10(13-7)12(16)17)14-11(15)8-4-2-3-5-8/h6,8,13H,2-5H2,1H3,(H,14,15)(H,16,17). The molecule has 5 heteroatoms.